The van der Waals surface area contributed by atoms with Crippen LogP contribution in [0.15, 0.2) is 48.7 Å². The Balaban J connectivity index is 0.943. The van der Waals surface area contributed by atoms with Crippen molar-refractivity contribution in [2.75, 3.05) is 33.9 Å². The molecule has 2 saturated heterocycles. The lowest BCUT2D eigenvalue weighted by atomic mass is 10.0. The van der Waals surface area contributed by atoms with E-state index < -0.39 is 30.3 Å². The Labute approximate surface area is 359 Å². The second-order valence-corrected chi connectivity index (χ2v) is 17.7. The van der Waals surface area contributed by atoms with Crippen LogP contribution in [0.4, 0.5) is 14.4 Å². The van der Waals surface area contributed by atoms with Gasteiger partial charge in [-0.15, -0.1) is 0 Å². The second kappa shape index (κ2) is 17.1. The van der Waals surface area contributed by atoms with Gasteiger partial charge >= 0.3 is 18.2 Å². The van der Waals surface area contributed by atoms with Crippen molar-refractivity contribution in [2.24, 2.45) is 22.5 Å². The molecule has 17 heteroatoms. The number of benzene rings is 2. The monoisotopic (exact) mass is 846 g/mol. The number of hydrogen-bond donors (Lipinski definition) is 6. The van der Waals surface area contributed by atoms with Gasteiger partial charge in [0.25, 0.3) is 0 Å². The van der Waals surface area contributed by atoms with Crippen LogP contribution in [-0.4, -0.2) is 106 Å². The van der Waals surface area contributed by atoms with Gasteiger partial charge in [0.15, 0.2) is 0 Å². The summed E-state index contributed by atoms with van der Waals surface area (Å²) in [4.78, 5) is 83.7. The van der Waals surface area contributed by atoms with Crippen molar-refractivity contribution in [3.63, 3.8) is 0 Å². The number of rotatable bonds is 12. The lowest BCUT2D eigenvalue weighted by molar-refractivity contribution is -0.136. The Bertz CT molecular complexity index is 2420. The van der Waals surface area contributed by atoms with Crippen molar-refractivity contribution in [3.05, 3.63) is 71.4 Å². The van der Waals surface area contributed by atoms with Gasteiger partial charge in [-0.1, -0.05) is 37.8 Å². The normalized spacial score (nSPS) is 20.1. The van der Waals surface area contributed by atoms with E-state index in [0.29, 0.717) is 31.8 Å². The molecule has 2 aliphatic carbocycles. The summed E-state index contributed by atoms with van der Waals surface area (Å²) < 4.78 is 9.62. The third-order valence-corrected chi connectivity index (χ3v) is 12.9. The highest BCUT2D eigenvalue weighted by Gasteiger charge is 2.56. The number of urea groups is 1. The molecule has 2 aliphatic heterocycles. The summed E-state index contributed by atoms with van der Waals surface area (Å²) >= 11 is 0. The summed E-state index contributed by atoms with van der Waals surface area (Å²) in [6, 6.07) is 11.0. The van der Waals surface area contributed by atoms with Crippen LogP contribution in [0.1, 0.15) is 100 Å². The average molecular weight is 847 g/mol. The Morgan fingerprint density at radius 2 is 1.45 bits per heavy atom. The number of fused-ring (bicyclic) bond motifs is 1. The fraction of sp³-hybridized carbons (Fsp3) is 0.489. The molecule has 7 N–H and O–H groups in total. The van der Waals surface area contributed by atoms with E-state index in [1.54, 1.807) is 6.20 Å². The molecule has 0 bridgehead atoms. The number of nitrogens with zero attached hydrogens (tertiary/aromatic N) is 4. The molecule has 6 amide bonds. The number of aromatic nitrogens is 4. The lowest BCUT2D eigenvalue weighted by Gasteiger charge is -2.30. The van der Waals surface area contributed by atoms with Gasteiger partial charge in [0.2, 0.25) is 11.8 Å². The Morgan fingerprint density at radius 3 is 2.08 bits per heavy atom. The zero-order valence-corrected chi connectivity index (χ0v) is 35.5. The van der Waals surface area contributed by atoms with Crippen LogP contribution in [0, 0.1) is 28.6 Å². The number of imidazole rings is 2. The number of carbonyl (C=O) groups excluding carboxylic acids is 5. The van der Waals surface area contributed by atoms with Gasteiger partial charge < -0.3 is 50.9 Å². The van der Waals surface area contributed by atoms with E-state index in [2.05, 4.69) is 37.8 Å². The average Bonchev–Trinajstić information content (AvgIpc) is 3.88. The molecule has 4 atom stereocenters. The molecular weight excluding hydrogens is 793 g/mol. The smallest absolute Gasteiger partial charge is 0.407 e. The van der Waals surface area contributed by atoms with Crippen LogP contribution in [-0.2, 0) is 19.1 Å². The van der Waals surface area contributed by atoms with Gasteiger partial charge in [0.05, 0.1) is 49.2 Å². The maximum absolute atomic E-state index is 14.0. The maximum Gasteiger partial charge on any atom is 0.407 e. The molecular formula is C45H54N10O7. The van der Waals surface area contributed by atoms with E-state index in [1.165, 1.54) is 14.2 Å². The van der Waals surface area contributed by atoms with Crippen molar-refractivity contribution < 1.29 is 33.4 Å². The summed E-state index contributed by atoms with van der Waals surface area (Å²) in [5, 5.41) is 7.94. The third-order valence-electron chi connectivity index (χ3n) is 12.9. The van der Waals surface area contributed by atoms with E-state index in [0.717, 1.165) is 77.8 Å². The predicted octanol–water partition coefficient (Wildman–Crippen LogP) is 5.01. The molecule has 2 aromatic heterocycles. The van der Waals surface area contributed by atoms with E-state index >= 15 is 0 Å². The minimum atomic E-state index is -0.840. The molecule has 2 saturated carbocycles. The SMILES string of the molecule is COC(=O)N[C@@H](CCCNC(N)=O)C(=O)N1CC2(CC2)C[C@H]1c1ncc(-c2ccc(C#Cc3ccc4nc([C@@H]5CC6(CC6)CN5C(=O)[C@H](NC(=O)OC)C(C)C)[nH]c4c3)cc2)[nH]1. The number of amides is 6. The first-order chi connectivity index (χ1) is 29.8. The standard InChI is InChI=1S/C45H54N10O7/c1-26(2)36(53-43(60)62-4)40(57)55-25-45(17-18-45)22-35(55)38-49-30-14-11-28(20-32(30)50-38)8-7-27-9-12-29(13-10-27)33-23-48-37(51-33)34-21-44(15-16-44)24-54(34)39(56)31(52-42(59)61-3)6-5-19-47-41(46)58/h9-14,20,23,26,31,34-36H,5-6,15-19,21-22,24-25H2,1-4H3,(H,48,51)(H,49,50)(H,52,59)(H,53,60)(H3,46,47,58)/t31-,34-,35-,36+/m0/s1. The van der Waals surface area contributed by atoms with Crippen LogP contribution in [0.3, 0.4) is 0 Å². The molecule has 62 heavy (non-hydrogen) atoms. The molecule has 4 heterocycles. The van der Waals surface area contributed by atoms with Crippen molar-refractivity contribution in [2.45, 2.75) is 89.4 Å². The van der Waals surface area contributed by atoms with E-state index in [4.69, 9.17) is 25.2 Å². The summed E-state index contributed by atoms with van der Waals surface area (Å²) in [5.74, 6) is 7.48. The lowest BCUT2D eigenvalue weighted by Crippen LogP contribution is -2.51. The molecule has 8 rings (SSSR count). The van der Waals surface area contributed by atoms with Crippen molar-refractivity contribution in [1.29, 1.82) is 0 Å². The minimum Gasteiger partial charge on any atom is -0.453 e. The Hall–Kier alpha value is -6.57. The van der Waals surface area contributed by atoms with Crippen LogP contribution >= 0.6 is 0 Å². The Morgan fingerprint density at radius 1 is 0.839 bits per heavy atom. The van der Waals surface area contributed by atoms with E-state index in [9.17, 15) is 24.0 Å². The number of H-pyrrole nitrogens is 2. The quantitative estimate of drug-likeness (QED) is 0.0830. The van der Waals surface area contributed by atoms with Gasteiger partial charge in [-0.3, -0.25) is 9.59 Å². The maximum atomic E-state index is 14.0. The number of methoxy groups -OCH3 is 2. The molecule has 0 unspecified atom stereocenters. The minimum absolute atomic E-state index is 0.0428. The number of primary amides is 1. The number of nitrogens with two attached hydrogens (primary N) is 1. The zero-order chi connectivity index (χ0) is 43.8. The van der Waals surface area contributed by atoms with Crippen LogP contribution in [0.5, 0.6) is 0 Å². The van der Waals surface area contributed by atoms with Crippen LogP contribution < -0.4 is 21.7 Å². The number of hydrogen-bond acceptors (Lipinski definition) is 9. The highest BCUT2D eigenvalue weighted by molar-refractivity contribution is 5.87. The summed E-state index contributed by atoms with van der Waals surface area (Å²) in [7, 11) is 2.55. The van der Waals surface area contributed by atoms with Gasteiger partial charge in [-0.25, -0.2) is 24.4 Å². The van der Waals surface area contributed by atoms with Crippen LogP contribution in [0.2, 0.25) is 0 Å². The van der Waals surface area contributed by atoms with Crippen molar-refractivity contribution in [1.82, 2.24) is 45.7 Å². The number of carbonyl (C=O) groups is 5. The molecule has 2 spiro atoms. The summed E-state index contributed by atoms with van der Waals surface area (Å²) in [6.07, 6.45) is 6.95. The number of nitrogens with one attached hydrogen (secondary N) is 5. The number of ether oxygens (including phenoxy) is 2. The molecule has 4 aliphatic rings. The summed E-state index contributed by atoms with van der Waals surface area (Å²) in [5.41, 5.74) is 10.3. The molecule has 4 fully saturated rings. The largest absolute Gasteiger partial charge is 0.453 e. The number of alkyl carbamates (subject to hydrolysis) is 2. The fourth-order valence-electron chi connectivity index (χ4n) is 8.99. The first-order valence-corrected chi connectivity index (χ1v) is 21.3. The first-order valence-electron chi connectivity index (χ1n) is 21.3. The van der Waals surface area contributed by atoms with Crippen molar-refractivity contribution >= 4 is 41.1 Å². The van der Waals surface area contributed by atoms with Crippen LogP contribution in [0.25, 0.3) is 22.3 Å². The van der Waals surface area contributed by atoms with E-state index in [-0.39, 0.29) is 47.2 Å². The summed E-state index contributed by atoms with van der Waals surface area (Å²) in [6.45, 7) is 5.30. The fourth-order valence-corrected chi connectivity index (χ4v) is 8.99. The van der Waals surface area contributed by atoms with Gasteiger partial charge in [0.1, 0.15) is 23.7 Å². The molecule has 326 valence electrons. The predicted molar refractivity (Wildman–Crippen MR) is 228 cm³/mol. The highest BCUT2D eigenvalue weighted by atomic mass is 16.5. The number of aromatic amines is 2. The number of likely N-dealkylation sites (tertiary alicyclic amines) is 2. The molecule has 0 radical (unpaired) electrons. The molecule has 2 aromatic carbocycles. The third kappa shape index (κ3) is 9.04. The van der Waals surface area contributed by atoms with E-state index in [1.807, 2.05) is 66.1 Å². The molecule has 4 aromatic rings. The second-order valence-electron chi connectivity index (χ2n) is 17.7. The van der Waals surface area contributed by atoms with Gasteiger partial charge in [-0.2, -0.15) is 0 Å². The highest BCUT2D eigenvalue weighted by Crippen LogP contribution is 2.59. The zero-order valence-electron chi connectivity index (χ0n) is 35.5. The Kier molecular flexibility index (Phi) is 11.6. The molecule has 17 nitrogen and oxygen atoms in total. The van der Waals surface area contributed by atoms with Gasteiger partial charge in [-0.05, 0) is 104 Å². The van der Waals surface area contributed by atoms with Gasteiger partial charge in [0, 0.05) is 30.8 Å². The first kappa shape index (κ1) is 42.1. The topological polar surface area (TPSA) is 230 Å². The van der Waals surface area contributed by atoms with Crippen molar-refractivity contribution in [3.8, 4) is 23.1 Å².